The van der Waals surface area contributed by atoms with Crippen LogP contribution in [0.15, 0.2) is 45.6 Å². The molecule has 0 unspecified atom stereocenters. The molecule has 2 heterocycles. The van der Waals surface area contributed by atoms with Gasteiger partial charge in [-0.05, 0) is 42.6 Å². The average molecular weight is 386 g/mol. The maximum atomic E-state index is 12.1. The van der Waals surface area contributed by atoms with Gasteiger partial charge in [0.1, 0.15) is 5.75 Å². The molecule has 0 radical (unpaired) electrons. The van der Waals surface area contributed by atoms with Crippen LogP contribution in [0.2, 0.25) is 0 Å². The summed E-state index contributed by atoms with van der Waals surface area (Å²) in [6.45, 7) is 2.34. The first-order valence-electron chi connectivity index (χ1n) is 8.42. The smallest absolute Gasteiger partial charge is 0.306 e. The lowest BCUT2D eigenvalue weighted by atomic mass is 10.1. The van der Waals surface area contributed by atoms with E-state index in [0.29, 0.717) is 23.7 Å². The molecule has 0 N–H and O–H groups in total. The van der Waals surface area contributed by atoms with E-state index in [2.05, 4.69) is 10.1 Å². The molecule has 0 fully saturated rings. The monoisotopic (exact) mass is 386 g/mol. The second-order valence-corrected chi connectivity index (χ2v) is 6.35. The fourth-order valence-electron chi connectivity index (χ4n) is 2.30. The van der Waals surface area contributed by atoms with Gasteiger partial charge in [0.25, 0.3) is 5.89 Å². The summed E-state index contributed by atoms with van der Waals surface area (Å²) < 4.78 is 15.5. The van der Waals surface area contributed by atoms with E-state index >= 15 is 0 Å². The molecule has 0 aliphatic carbocycles. The number of hydrogen-bond acceptors (Lipinski definition) is 8. The van der Waals surface area contributed by atoms with Crippen molar-refractivity contribution in [2.75, 3.05) is 6.61 Å². The molecule has 3 aromatic rings. The topological polar surface area (TPSA) is 91.5 Å². The number of ketones is 1. The van der Waals surface area contributed by atoms with E-state index in [1.165, 1.54) is 11.3 Å². The van der Waals surface area contributed by atoms with E-state index < -0.39 is 5.97 Å². The number of ether oxygens (including phenoxy) is 2. The molecule has 27 heavy (non-hydrogen) atoms. The van der Waals surface area contributed by atoms with E-state index in [0.717, 1.165) is 5.56 Å². The van der Waals surface area contributed by atoms with Gasteiger partial charge in [-0.25, -0.2) is 0 Å². The van der Waals surface area contributed by atoms with Crippen molar-refractivity contribution in [3.05, 3.63) is 52.5 Å². The zero-order chi connectivity index (χ0) is 19.1. The maximum Gasteiger partial charge on any atom is 0.306 e. The molecule has 2 aromatic heterocycles. The predicted molar refractivity (Wildman–Crippen MR) is 98.6 cm³/mol. The quantitative estimate of drug-likeness (QED) is 0.407. The summed E-state index contributed by atoms with van der Waals surface area (Å²) in [5, 5.41) is 7.64. The van der Waals surface area contributed by atoms with Crippen LogP contribution >= 0.6 is 11.3 Å². The van der Waals surface area contributed by atoms with Gasteiger partial charge in [-0.15, -0.1) is 0 Å². The van der Waals surface area contributed by atoms with E-state index in [9.17, 15) is 9.59 Å². The second kappa shape index (κ2) is 9.09. The van der Waals surface area contributed by atoms with Crippen LogP contribution in [0, 0.1) is 0 Å². The third kappa shape index (κ3) is 5.24. The highest BCUT2D eigenvalue weighted by atomic mass is 32.1. The highest BCUT2D eigenvalue weighted by Crippen LogP contribution is 2.19. The van der Waals surface area contributed by atoms with Crippen LogP contribution in [-0.2, 0) is 16.1 Å². The summed E-state index contributed by atoms with van der Waals surface area (Å²) in [5.74, 6) is 0.738. The van der Waals surface area contributed by atoms with Crippen LogP contribution in [0.25, 0.3) is 11.4 Å². The normalized spacial score (nSPS) is 10.6. The van der Waals surface area contributed by atoms with Crippen LogP contribution in [0.4, 0.5) is 0 Å². The lowest BCUT2D eigenvalue weighted by Gasteiger charge is -2.05. The van der Waals surface area contributed by atoms with Crippen LogP contribution in [0.3, 0.4) is 0 Å². The Bertz CT molecular complexity index is 887. The maximum absolute atomic E-state index is 12.1. The minimum Gasteiger partial charge on any atom is -0.494 e. The Balaban J connectivity index is 1.43. The zero-order valence-electron chi connectivity index (χ0n) is 14.7. The largest absolute Gasteiger partial charge is 0.494 e. The van der Waals surface area contributed by atoms with Gasteiger partial charge in [0.2, 0.25) is 5.82 Å². The SMILES string of the molecule is CCOc1ccc(C(=O)CCC(=O)OCc2nc(-c3ccsc3)no2)cc1. The van der Waals surface area contributed by atoms with Gasteiger partial charge in [0.15, 0.2) is 12.4 Å². The molecule has 0 saturated carbocycles. The molecule has 0 amide bonds. The summed E-state index contributed by atoms with van der Waals surface area (Å²) in [5.41, 5.74) is 1.38. The number of thiophene rings is 1. The van der Waals surface area contributed by atoms with Crippen LogP contribution in [0.5, 0.6) is 5.75 Å². The van der Waals surface area contributed by atoms with Crippen molar-refractivity contribution in [1.29, 1.82) is 0 Å². The Hall–Kier alpha value is -3.00. The van der Waals surface area contributed by atoms with E-state index in [-0.39, 0.29) is 31.1 Å². The fourth-order valence-corrected chi connectivity index (χ4v) is 2.93. The minimum absolute atomic E-state index is 0.0163. The Morgan fingerprint density at radius 3 is 2.67 bits per heavy atom. The van der Waals surface area contributed by atoms with Crippen LogP contribution in [-0.4, -0.2) is 28.5 Å². The number of hydrogen-bond donors (Lipinski definition) is 0. The van der Waals surface area contributed by atoms with Gasteiger partial charge in [0, 0.05) is 22.9 Å². The number of carbonyl (C=O) groups is 2. The van der Waals surface area contributed by atoms with Gasteiger partial charge < -0.3 is 14.0 Å². The lowest BCUT2D eigenvalue weighted by Crippen LogP contribution is -2.08. The molecule has 0 aliphatic rings. The molecule has 140 valence electrons. The van der Waals surface area contributed by atoms with Crippen molar-refractivity contribution in [1.82, 2.24) is 10.1 Å². The summed E-state index contributed by atoms with van der Waals surface area (Å²) in [6, 6.07) is 8.70. The molecule has 1 aromatic carbocycles. The van der Waals surface area contributed by atoms with E-state index in [1.54, 1.807) is 24.3 Å². The number of Topliss-reactive ketones (excluding diaryl/α,β-unsaturated/α-hetero) is 1. The second-order valence-electron chi connectivity index (χ2n) is 5.56. The first-order chi connectivity index (χ1) is 13.2. The molecule has 3 rings (SSSR count). The van der Waals surface area contributed by atoms with Crippen molar-refractivity contribution in [2.45, 2.75) is 26.4 Å². The van der Waals surface area contributed by atoms with Gasteiger partial charge in [-0.3, -0.25) is 9.59 Å². The fraction of sp³-hybridized carbons (Fsp3) is 0.263. The molecule has 0 aliphatic heterocycles. The van der Waals surface area contributed by atoms with Crippen molar-refractivity contribution in [3.63, 3.8) is 0 Å². The van der Waals surface area contributed by atoms with Gasteiger partial charge in [-0.2, -0.15) is 16.3 Å². The highest BCUT2D eigenvalue weighted by molar-refractivity contribution is 7.08. The van der Waals surface area contributed by atoms with Gasteiger partial charge in [-0.1, -0.05) is 5.16 Å². The third-order valence-electron chi connectivity index (χ3n) is 3.65. The van der Waals surface area contributed by atoms with Gasteiger partial charge in [0.05, 0.1) is 13.0 Å². The molecular weight excluding hydrogens is 368 g/mol. The van der Waals surface area contributed by atoms with Crippen molar-refractivity contribution in [2.24, 2.45) is 0 Å². The van der Waals surface area contributed by atoms with Gasteiger partial charge >= 0.3 is 5.97 Å². The summed E-state index contributed by atoms with van der Waals surface area (Å²) in [7, 11) is 0. The number of esters is 1. The number of benzene rings is 1. The predicted octanol–water partition coefficient (Wildman–Crippen LogP) is 3.90. The lowest BCUT2D eigenvalue weighted by molar-refractivity contribution is -0.145. The number of aromatic nitrogens is 2. The van der Waals surface area contributed by atoms with Crippen molar-refractivity contribution in [3.8, 4) is 17.1 Å². The van der Waals surface area contributed by atoms with Crippen molar-refractivity contribution >= 4 is 23.1 Å². The van der Waals surface area contributed by atoms with Crippen LogP contribution in [0.1, 0.15) is 36.0 Å². The summed E-state index contributed by atoms with van der Waals surface area (Å²) in [4.78, 5) is 28.1. The standard InChI is InChI=1S/C19H18N2O5S/c1-2-24-15-5-3-13(4-6-15)16(22)7-8-18(23)25-11-17-20-19(21-26-17)14-9-10-27-12-14/h3-6,9-10,12H,2,7-8,11H2,1H3. The third-order valence-corrected chi connectivity index (χ3v) is 4.33. The molecule has 0 saturated heterocycles. The first kappa shape index (κ1) is 18.8. The molecule has 0 bridgehead atoms. The molecule has 8 heteroatoms. The van der Waals surface area contributed by atoms with Crippen molar-refractivity contribution < 1.29 is 23.6 Å². The number of rotatable bonds is 9. The molecule has 0 spiro atoms. The summed E-state index contributed by atoms with van der Waals surface area (Å²) in [6.07, 6.45) is 0.0500. The zero-order valence-corrected chi connectivity index (χ0v) is 15.5. The van der Waals surface area contributed by atoms with E-state index in [4.69, 9.17) is 14.0 Å². The Kier molecular flexibility index (Phi) is 6.32. The molecular formula is C19H18N2O5S. The van der Waals surface area contributed by atoms with Crippen LogP contribution < -0.4 is 4.74 Å². The Morgan fingerprint density at radius 1 is 1.15 bits per heavy atom. The first-order valence-corrected chi connectivity index (χ1v) is 9.37. The Labute approximate surface area is 159 Å². The minimum atomic E-state index is -0.496. The van der Waals surface area contributed by atoms with E-state index in [1.807, 2.05) is 23.8 Å². The average Bonchev–Trinajstić information content (AvgIpc) is 3.37. The highest BCUT2D eigenvalue weighted by Gasteiger charge is 2.13. The molecule has 0 atom stereocenters. The Morgan fingerprint density at radius 2 is 1.96 bits per heavy atom. The number of carbonyl (C=O) groups excluding carboxylic acids is 2. The summed E-state index contributed by atoms with van der Waals surface area (Å²) >= 11 is 1.53. The number of nitrogens with zero attached hydrogens (tertiary/aromatic N) is 2. The molecule has 7 nitrogen and oxygen atoms in total.